The van der Waals surface area contributed by atoms with Crippen LogP contribution in [0.4, 0.5) is 5.69 Å². The summed E-state index contributed by atoms with van der Waals surface area (Å²) in [5, 5.41) is 5.89. The molecule has 0 aliphatic heterocycles. The number of anilines is 1. The molecule has 6 heteroatoms. The molecule has 0 aliphatic carbocycles. The molecule has 0 saturated heterocycles. The minimum absolute atomic E-state index is 0.0879. The molecule has 2 aromatic heterocycles. The predicted molar refractivity (Wildman–Crippen MR) is 121 cm³/mol. The highest BCUT2D eigenvalue weighted by atomic mass is 32.1. The second-order valence-corrected chi connectivity index (χ2v) is 7.67. The van der Waals surface area contributed by atoms with Crippen molar-refractivity contribution in [1.82, 2.24) is 9.97 Å². The zero-order chi connectivity index (χ0) is 20.8. The second-order valence-electron chi connectivity index (χ2n) is 6.81. The van der Waals surface area contributed by atoms with E-state index in [2.05, 4.69) is 10.3 Å². The van der Waals surface area contributed by atoms with Crippen LogP contribution in [0.5, 0.6) is 5.75 Å². The third kappa shape index (κ3) is 5.10. The minimum Gasteiger partial charge on any atom is -0.493 e. The van der Waals surface area contributed by atoms with Crippen molar-refractivity contribution < 1.29 is 9.53 Å². The van der Waals surface area contributed by atoms with Crippen LogP contribution in [-0.4, -0.2) is 22.5 Å². The molecular weight excluding hydrogens is 394 g/mol. The fourth-order valence-electron chi connectivity index (χ4n) is 2.91. The molecule has 0 bridgehead atoms. The summed E-state index contributed by atoms with van der Waals surface area (Å²) in [5.74, 6) is 0.680. The average molecular weight is 416 g/mol. The average Bonchev–Trinajstić information content (AvgIpc) is 3.26. The van der Waals surface area contributed by atoms with Crippen molar-refractivity contribution >= 4 is 22.9 Å². The van der Waals surface area contributed by atoms with E-state index in [-0.39, 0.29) is 12.3 Å². The van der Waals surface area contributed by atoms with E-state index in [1.165, 1.54) is 5.56 Å². The van der Waals surface area contributed by atoms with Crippen molar-refractivity contribution in [3.8, 4) is 27.6 Å². The van der Waals surface area contributed by atoms with E-state index in [4.69, 9.17) is 9.72 Å². The van der Waals surface area contributed by atoms with Crippen LogP contribution in [0.25, 0.3) is 21.8 Å². The Bertz CT molecular complexity index is 1120. The van der Waals surface area contributed by atoms with Gasteiger partial charge in [-0.25, -0.2) is 4.98 Å². The number of aryl methyl sites for hydroxylation is 1. The van der Waals surface area contributed by atoms with Crippen LogP contribution in [0, 0.1) is 6.92 Å². The Morgan fingerprint density at radius 1 is 1.03 bits per heavy atom. The lowest BCUT2D eigenvalue weighted by atomic mass is 10.1. The molecule has 150 valence electrons. The van der Waals surface area contributed by atoms with Crippen LogP contribution >= 0.6 is 11.3 Å². The van der Waals surface area contributed by atoms with Crippen molar-refractivity contribution in [2.45, 2.75) is 13.3 Å². The van der Waals surface area contributed by atoms with Gasteiger partial charge >= 0.3 is 0 Å². The van der Waals surface area contributed by atoms with E-state index in [0.29, 0.717) is 6.61 Å². The number of nitrogens with zero attached hydrogens (tertiary/aromatic N) is 2. The summed E-state index contributed by atoms with van der Waals surface area (Å²) < 4.78 is 5.63. The summed E-state index contributed by atoms with van der Waals surface area (Å²) in [7, 11) is 0. The first-order chi connectivity index (χ1) is 14.7. The highest BCUT2D eigenvalue weighted by molar-refractivity contribution is 7.13. The van der Waals surface area contributed by atoms with E-state index >= 15 is 0 Å². The smallest absolute Gasteiger partial charge is 0.227 e. The maximum atomic E-state index is 12.3. The summed E-state index contributed by atoms with van der Waals surface area (Å²) in [6.07, 6.45) is 3.80. The number of amides is 1. The van der Waals surface area contributed by atoms with Crippen LogP contribution in [0.1, 0.15) is 12.0 Å². The Labute approximate surface area is 179 Å². The van der Waals surface area contributed by atoms with Gasteiger partial charge in [0, 0.05) is 34.6 Å². The van der Waals surface area contributed by atoms with Crippen molar-refractivity contribution in [3.05, 3.63) is 84.0 Å². The van der Waals surface area contributed by atoms with Crippen LogP contribution in [-0.2, 0) is 4.79 Å². The molecule has 4 aromatic rings. The van der Waals surface area contributed by atoms with Gasteiger partial charge in [-0.05, 0) is 43.3 Å². The Balaban J connectivity index is 1.36. The number of aromatic nitrogens is 2. The molecular formula is C24H21N3O2S. The van der Waals surface area contributed by atoms with Crippen LogP contribution in [0.3, 0.4) is 0 Å². The molecule has 1 N–H and O–H groups in total. The number of rotatable bonds is 7. The van der Waals surface area contributed by atoms with Crippen molar-refractivity contribution in [3.63, 3.8) is 0 Å². The number of thiazole rings is 1. The summed E-state index contributed by atoms with van der Waals surface area (Å²) in [4.78, 5) is 21.0. The topological polar surface area (TPSA) is 64.1 Å². The highest BCUT2D eigenvalue weighted by Gasteiger charge is 2.09. The summed E-state index contributed by atoms with van der Waals surface area (Å²) in [6, 6.07) is 19.4. The Morgan fingerprint density at radius 2 is 1.83 bits per heavy atom. The Kier molecular flexibility index (Phi) is 6.15. The monoisotopic (exact) mass is 415 g/mol. The van der Waals surface area contributed by atoms with Crippen molar-refractivity contribution in [2.24, 2.45) is 0 Å². The quantitative estimate of drug-likeness (QED) is 0.427. The highest BCUT2D eigenvalue weighted by Crippen LogP contribution is 2.29. The van der Waals surface area contributed by atoms with E-state index in [1.807, 2.05) is 73.0 Å². The number of benzene rings is 2. The first-order valence-corrected chi connectivity index (χ1v) is 10.5. The number of pyridine rings is 1. The van der Waals surface area contributed by atoms with Crippen molar-refractivity contribution in [1.29, 1.82) is 0 Å². The van der Waals surface area contributed by atoms with Gasteiger partial charge in [-0.1, -0.05) is 29.8 Å². The molecule has 0 spiro atoms. The molecule has 2 heterocycles. The van der Waals surface area contributed by atoms with E-state index < -0.39 is 0 Å². The van der Waals surface area contributed by atoms with E-state index in [1.54, 1.807) is 23.7 Å². The number of carbonyl (C=O) groups excluding carboxylic acids is 1. The Hall–Kier alpha value is -3.51. The lowest BCUT2D eigenvalue weighted by Crippen LogP contribution is -2.15. The van der Waals surface area contributed by atoms with E-state index in [0.717, 1.165) is 33.3 Å². The first-order valence-electron chi connectivity index (χ1n) is 9.63. The molecule has 0 fully saturated rings. The number of hydrogen-bond acceptors (Lipinski definition) is 5. The molecule has 0 saturated carbocycles. The molecule has 1 amide bonds. The predicted octanol–water partition coefficient (Wildman–Crippen LogP) is 5.59. The van der Waals surface area contributed by atoms with Gasteiger partial charge in [0.1, 0.15) is 10.8 Å². The Morgan fingerprint density at radius 3 is 2.63 bits per heavy atom. The van der Waals surface area contributed by atoms with E-state index in [9.17, 15) is 4.79 Å². The lowest BCUT2D eigenvalue weighted by molar-refractivity contribution is -0.116. The molecule has 0 aliphatic rings. The van der Waals surface area contributed by atoms with Gasteiger partial charge in [-0.15, -0.1) is 11.3 Å². The summed E-state index contributed by atoms with van der Waals surface area (Å²) in [5.41, 5.74) is 4.80. The lowest BCUT2D eigenvalue weighted by Gasteiger charge is -2.08. The van der Waals surface area contributed by atoms with Gasteiger partial charge in [-0.2, -0.15) is 0 Å². The summed E-state index contributed by atoms with van der Waals surface area (Å²) >= 11 is 1.58. The van der Waals surface area contributed by atoms with Gasteiger partial charge in [0.05, 0.1) is 18.7 Å². The van der Waals surface area contributed by atoms with Crippen LogP contribution < -0.4 is 10.1 Å². The minimum atomic E-state index is -0.0879. The largest absolute Gasteiger partial charge is 0.493 e. The molecule has 5 nitrogen and oxygen atoms in total. The van der Waals surface area contributed by atoms with Gasteiger partial charge in [0.25, 0.3) is 0 Å². The second kappa shape index (κ2) is 9.33. The van der Waals surface area contributed by atoms with Crippen LogP contribution in [0.15, 0.2) is 78.4 Å². The third-order valence-electron chi connectivity index (χ3n) is 4.49. The maximum Gasteiger partial charge on any atom is 0.227 e. The van der Waals surface area contributed by atoms with Gasteiger partial charge in [-0.3, -0.25) is 9.78 Å². The zero-order valence-electron chi connectivity index (χ0n) is 16.5. The standard InChI is InChI=1S/C24H21N3O2S/c1-17-5-7-21(8-6-17)29-14-11-23(28)26-20-4-2-3-19(15-20)22-16-30-24(27-22)18-9-12-25-13-10-18/h2-10,12-13,15-16H,11,14H2,1H3,(H,26,28). The number of ether oxygens (including phenoxy) is 1. The van der Waals surface area contributed by atoms with Gasteiger partial charge in [0.15, 0.2) is 0 Å². The third-order valence-corrected chi connectivity index (χ3v) is 5.38. The normalized spacial score (nSPS) is 10.6. The fourth-order valence-corrected chi connectivity index (χ4v) is 3.74. The molecule has 30 heavy (non-hydrogen) atoms. The number of nitrogens with one attached hydrogen (secondary N) is 1. The number of hydrogen-bond donors (Lipinski definition) is 1. The van der Waals surface area contributed by atoms with Crippen molar-refractivity contribution in [2.75, 3.05) is 11.9 Å². The molecule has 0 atom stereocenters. The molecule has 4 rings (SSSR count). The number of carbonyl (C=O) groups is 1. The maximum absolute atomic E-state index is 12.3. The SMILES string of the molecule is Cc1ccc(OCCC(=O)Nc2cccc(-c3csc(-c4ccncc4)n3)c2)cc1. The first kappa shape index (κ1) is 19.8. The molecule has 0 radical (unpaired) electrons. The van der Waals surface area contributed by atoms with Gasteiger partial charge < -0.3 is 10.1 Å². The fraction of sp³-hybridized carbons (Fsp3) is 0.125. The summed E-state index contributed by atoms with van der Waals surface area (Å²) in [6.45, 7) is 2.35. The zero-order valence-corrected chi connectivity index (χ0v) is 17.4. The van der Waals surface area contributed by atoms with Crippen LogP contribution in [0.2, 0.25) is 0 Å². The molecule has 2 aromatic carbocycles. The van der Waals surface area contributed by atoms with Gasteiger partial charge in [0.2, 0.25) is 5.91 Å². The molecule has 0 unspecified atom stereocenters.